The van der Waals surface area contributed by atoms with E-state index in [1.165, 1.54) is 37.9 Å². The van der Waals surface area contributed by atoms with Crippen LogP contribution in [0, 0.1) is 17.8 Å². The molecule has 6 nitrogen and oxygen atoms in total. The Morgan fingerprint density at radius 2 is 1.72 bits per heavy atom. The van der Waals surface area contributed by atoms with Crippen molar-refractivity contribution in [1.82, 2.24) is 24.6 Å². The summed E-state index contributed by atoms with van der Waals surface area (Å²) < 4.78 is 8.18. The van der Waals surface area contributed by atoms with E-state index in [4.69, 9.17) is 4.74 Å². The van der Waals surface area contributed by atoms with E-state index in [9.17, 15) is 0 Å². The second-order valence-electron chi connectivity index (χ2n) is 9.06. The van der Waals surface area contributed by atoms with E-state index in [0.717, 1.165) is 50.5 Å². The fourth-order valence-electron chi connectivity index (χ4n) is 6.37. The second kappa shape index (κ2) is 5.95. The van der Waals surface area contributed by atoms with Crippen LogP contribution in [0.3, 0.4) is 0 Å². The maximum atomic E-state index is 6.02. The molecule has 1 aromatic heterocycles. The molecule has 4 saturated carbocycles. The van der Waals surface area contributed by atoms with Crippen molar-refractivity contribution in [1.29, 1.82) is 0 Å². The van der Waals surface area contributed by atoms with Crippen LogP contribution in [0.5, 0.6) is 6.01 Å². The lowest BCUT2D eigenvalue weighted by atomic mass is 9.75. The van der Waals surface area contributed by atoms with Crippen LogP contribution in [-0.4, -0.2) is 70.9 Å². The molecule has 1 aliphatic heterocycles. The number of hydrogen-bond acceptors (Lipinski definition) is 5. The summed E-state index contributed by atoms with van der Waals surface area (Å²) in [5.74, 6) is 3.93. The van der Waals surface area contributed by atoms with E-state index >= 15 is 0 Å². The van der Waals surface area contributed by atoms with Gasteiger partial charge in [0.15, 0.2) is 0 Å². The molecule has 0 spiro atoms. The van der Waals surface area contributed by atoms with E-state index in [-0.39, 0.29) is 0 Å². The Kier molecular flexibility index (Phi) is 3.82. The largest absolute Gasteiger partial charge is 0.462 e. The molecule has 0 N–H and O–H groups in total. The first kappa shape index (κ1) is 16.1. The number of piperazine rings is 1. The standard InChI is InChI=1S/C19H31N5O/c1-22-3-5-24(6-4-22)7-8-25-18-21-20-17(23(18)2)19-12-14-9-15(13-19)11-16(19)10-14/h14-16H,3-13H2,1-2H3. The molecule has 0 amide bonds. The zero-order valence-corrected chi connectivity index (χ0v) is 15.7. The topological polar surface area (TPSA) is 46.4 Å². The van der Waals surface area contributed by atoms with Gasteiger partial charge in [0.05, 0.1) is 0 Å². The van der Waals surface area contributed by atoms with Crippen LogP contribution in [0.4, 0.5) is 0 Å². The molecule has 1 saturated heterocycles. The summed E-state index contributed by atoms with van der Waals surface area (Å²) >= 11 is 0. The highest BCUT2D eigenvalue weighted by atomic mass is 16.5. The van der Waals surface area contributed by atoms with Gasteiger partial charge >= 0.3 is 6.01 Å². The third-order valence-corrected chi connectivity index (χ3v) is 7.50. The smallest absolute Gasteiger partial charge is 0.316 e. The van der Waals surface area contributed by atoms with Gasteiger partial charge in [-0.1, -0.05) is 5.10 Å². The van der Waals surface area contributed by atoms with Gasteiger partial charge in [0.2, 0.25) is 0 Å². The Balaban J connectivity index is 1.23. The third-order valence-electron chi connectivity index (χ3n) is 7.50. The van der Waals surface area contributed by atoms with Gasteiger partial charge in [-0.3, -0.25) is 9.47 Å². The third kappa shape index (κ3) is 2.60. The molecule has 2 unspecified atom stereocenters. The van der Waals surface area contributed by atoms with E-state index in [1.807, 2.05) is 0 Å². The molecule has 25 heavy (non-hydrogen) atoms. The van der Waals surface area contributed by atoms with Crippen molar-refractivity contribution in [2.75, 3.05) is 46.4 Å². The Morgan fingerprint density at radius 1 is 1.00 bits per heavy atom. The SMILES string of the molecule is CN1CCN(CCOc2nnc(C34CC5CC(CC3C5)C4)n2C)CC1. The number of rotatable bonds is 5. The Morgan fingerprint density at radius 3 is 2.44 bits per heavy atom. The normalized spacial score (nSPS) is 37.9. The Labute approximate surface area is 150 Å². The zero-order chi connectivity index (χ0) is 17.0. The molecule has 2 heterocycles. The summed E-state index contributed by atoms with van der Waals surface area (Å²) in [7, 11) is 4.30. The molecule has 2 atom stereocenters. The predicted octanol–water partition coefficient (Wildman–Crippen LogP) is 1.52. The maximum absolute atomic E-state index is 6.02. The average molecular weight is 345 g/mol. The van der Waals surface area contributed by atoms with Gasteiger partial charge in [0, 0.05) is 45.2 Å². The van der Waals surface area contributed by atoms with Gasteiger partial charge in [-0.15, -0.1) is 5.10 Å². The van der Waals surface area contributed by atoms with E-state index < -0.39 is 0 Å². The van der Waals surface area contributed by atoms with Crippen LogP contribution in [0.15, 0.2) is 0 Å². The maximum Gasteiger partial charge on any atom is 0.316 e. The van der Waals surface area contributed by atoms with Crippen LogP contribution < -0.4 is 4.74 Å². The molecule has 5 fully saturated rings. The lowest BCUT2D eigenvalue weighted by molar-refractivity contribution is 0.130. The minimum absolute atomic E-state index is 0.314. The summed E-state index contributed by atoms with van der Waals surface area (Å²) in [6, 6.07) is 0.713. The highest BCUT2D eigenvalue weighted by Gasteiger charge is 2.60. The minimum atomic E-state index is 0.314. The van der Waals surface area contributed by atoms with E-state index in [0.29, 0.717) is 18.0 Å². The fraction of sp³-hybridized carbons (Fsp3) is 0.895. The Bertz CT molecular complexity index is 622. The number of likely N-dealkylation sites (N-methyl/N-ethyl adjacent to an activating group) is 1. The van der Waals surface area contributed by atoms with Crippen LogP contribution in [-0.2, 0) is 12.5 Å². The molecule has 4 aliphatic carbocycles. The molecule has 0 radical (unpaired) electrons. The average Bonchev–Trinajstić information content (AvgIpc) is 3.16. The van der Waals surface area contributed by atoms with Gasteiger partial charge in [-0.05, 0) is 56.9 Å². The van der Waals surface area contributed by atoms with Crippen LogP contribution in [0.1, 0.15) is 37.9 Å². The predicted molar refractivity (Wildman–Crippen MR) is 95.7 cm³/mol. The molecule has 6 heteroatoms. The second-order valence-corrected chi connectivity index (χ2v) is 9.06. The highest BCUT2D eigenvalue weighted by molar-refractivity contribution is 5.24. The quantitative estimate of drug-likeness (QED) is 0.810. The molecule has 5 aliphatic rings. The van der Waals surface area contributed by atoms with Crippen molar-refractivity contribution in [2.45, 2.75) is 37.5 Å². The van der Waals surface area contributed by atoms with Gasteiger partial charge in [0.1, 0.15) is 12.4 Å². The molecule has 4 bridgehead atoms. The first-order chi connectivity index (χ1) is 12.1. The fourth-order valence-corrected chi connectivity index (χ4v) is 6.37. The van der Waals surface area contributed by atoms with Crippen molar-refractivity contribution in [2.24, 2.45) is 24.8 Å². The molecule has 1 aromatic rings. The molecular formula is C19H31N5O. The lowest BCUT2D eigenvalue weighted by Gasteiger charge is -2.32. The van der Waals surface area contributed by atoms with Crippen LogP contribution >= 0.6 is 0 Å². The Hall–Kier alpha value is -1.14. The minimum Gasteiger partial charge on any atom is -0.462 e. The van der Waals surface area contributed by atoms with Crippen molar-refractivity contribution >= 4 is 0 Å². The first-order valence-corrected chi connectivity index (χ1v) is 10.1. The summed E-state index contributed by atoms with van der Waals surface area (Å²) in [4.78, 5) is 4.86. The first-order valence-electron chi connectivity index (χ1n) is 10.1. The number of ether oxygens (including phenoxy) is 1. The van der Waals surface area contributed by atoms with Crippen molar-refractivity contribution in [3.05, 3.63) is 5.82 Å². The van der Waals surface area contributed by atoms with Crippen molar-refractivity contribution < 1.29 is 4.74 Å². The van der Waals surface area contributed by atoms with Crippen molar-refractivity contribution in [3.8, 4) is 6.01 Å². The summed E-state index contributed by atoms with van der Waals surface area (Å²) in [5, 5.41) is 9.04. The number of nitrogens with zero attached hydrogens (tertiary/aromatic N) is 5. The van der Waals surface area contributed by atoms with Crippen LogP contribution in [0.25, 0.3) is 0 Å². The zero-order valence-electron chi connectivity index (χ0n) is 15.7. The molecule has 6 rings (SSSR count). The molecule has 138 valence electrons. The van der Waals surface area contributed by atoms with E-state index in [2.05, 4.69) is 38.7 Å². The summed E-state index contributed by atoms with van der Waals surface area (Å²) in [5.41, 5.74) is 0.314. The molecule has 0 aromatic carbocycles. The lowest BCUT2D eigenvalue weighted by Crippen LogP contribution is -2.45. The molecular weight excluding hydrogens is 314 g/mol. The monoisotopic (exact) mass is 345 g/mol. The van der Waals surface area contributed by atoms with Gasteiger partial charge in [-0.25, -0.2) is 0 Å². The summed E-state index contributed by atoms with van der Waals surface area (Å²) in [6.07, 6.45) is 6.97. The van der Waals surface area contributed by atoms with Gasteiger partial charge in [0.25, 0.3) is 0 Å². The summed E-state index contributed by atoms with van der Waals surface area (Å²) in [6.45, 7) is 6.26. The van der Waals surface area contributed by atoms with Crippen LogP contribution in [0.2, 0.25) is 0 Å². The van der Waals surface area contributed by atoms with Gasteiger partial charge < -0.3 is 9.64 Å². The highest BCUT2D eigenvalue weighted by Crippen LogP contribution is 2.65. The van der Waals surface area contributed by atoms with Crippen molar-refractivity contribution in [3.63, 3.8) is 0 Å². The van der Waals surface area contributed by atoms with Gasteiger partial charge in [-0.2, -0.15) is 0 Å². The number of hydrogen-bond donors (Lipinski definition) is 0. The number of aromatic nitrogens is 3. The van der Waals surface area contributed by atoms with E-state index in [1.54, 1.807) is 0 Å².